The summed E-state index contributed by atoms with van der Waals surface area (Å²) in [5, 5.41) is 12.1. The summed E-state index contributed by atoms with van der Waals surface area (Å²) < 4.78 is 7.70. The first-order valence-electron chi connectivity index (χ1n) is 6.65. The molecule has 2 aromatic rings. The van der Waals surface area contributed by atoms with Crippen LogP contribution >= 0.6 is 11.3 Å². The maximum absolute atomic E-state index is 5.86. The first-order valence-corrected chi connectivity index (χ1v) is 7.59. The lowest BCUT2D eigenvalue weighted by Crippen LogP contribution is -2.24. The van der Waals surface area contributed by atoms with Crippen LogP contribution < -0.4 is 5.32 Å². The van der Waals surface area contributed by atoms with Crippen molar-refractivity contribution < 1.29 is 4.74 Å². The summed E-state index contributed by atoms with van der Waals surface area (Å²) >= 11 is 1.75. The van der Waals surface area contributed by atoms with Crippen molar-refractivity contribution in [2.24, 2.45) is 13.0 Å². The number of aryl methyl sites for hydroxylation is 1. The second kappa shape index (κ2) is 5.86. The molecule has 2 aromatic heterocycles. The van der Waals surface area contributed by atoms with Gasteiger partial charge < -0.3 is 10.1 Å². The van der Waals surface area contributed by atoms with Gasteiger partial charge in [-0.2, -0.15) is 16.4 Å². The van der Waals surface area contributed by atoms with Crippen molar-refractivity contribution in [3.63, 3.8) is 0 Å². The van der Waals surface area contributed by atoms with E-state index >= 15 is 0 Å². The van der Waals surface area contributed by atoms with Crippen LogP contribution in [0.2, 0.25) is 0 Å². The Morgan fingerprint density at radius 1 is 1.58 bits per heavy atom. The Morgan fingerprint density at radius 2 is 2.53 bits per heavy atom. The summed E-state index contributed by atoms with van der Waals surface area (Å²) in [6, 6.07) is 2.17. The molecule has 0 unspecified atom stereocenters. The largest absolute Gasteiger partial charge is 0.373 e. The van der Waals surface area contributed by atoms with E-state index in [0.717, 1.165) is 26.1 Å². The van der Waals surface area contributed by atoms with Crippen molar-refractivity contribution >= 4 is 11.3 Å². The normalized spacial score (nSPS) is 23.0. The third-order valence-corrected chi connectivity index (χ3v) is 4.32. The number of nitrogens with zero attached hydrogens (tertiary/aromatic N) is 2. The standard InChI is InChI=1S/C14H19N3OS/c1-17-9-13(8-16-17)14-12(2-4-18-14)7-15-6-11-3-5-19-10-11/h3,5,8-10,12,14-15H,2,4,6-7H2,1H3/t12-,14-/m0/s1. The molecule has 2 atom stereocenters. The van der Waals surface area contributed by atoms with E-state index in [1.165, 1.54) is 11.1 Å². The first kappa shape index (κ1) is 12.8. The summed E-state index contributed by atoms with van der Waals surface area (Å²) in [5.41, 5.74) is 2.56. The molecule has 1 fully saturated rings. The van der Waals surface area contributed by atoms with Gasteiger partial charge in [-0.3, -0.25) is 4.68 Å². The zero-order valence-electron chi connectivity index (χ0n) is 11.1. The van der Waals surface area contributed by atoms with Gasteiger partial charge in [0, 0.05) is 44.4 Å². The zero-order chi connectivity index (χ0) is 13.1. The van der Waals surface area contributed by atoms with E-state index in [-0.39, 0.29) is 6.10 Å². The average Bonchev–Trinajstić information content (AvgIpc) is 3.10. The molecule has 1 aliphatic heterocycles. The number of thiophene rings is 1. The van der Waals surface area contributed by atoms with Crippen molar-refractivity contribution in [1.82, 2.24) is 15.1 Å². The van der Waals surface area contributed by atoms with Crippen molar-refractivity contribution in [2.75, 3.05) is 13.2 Å². The molecular formula is C14H19N3OS. The van der Waals surface area contributed by atoms with Gasteiger partial charge >= 0.3 is 0 Å². The predicted octanol–water partition coefficient (Wildman–Crippen LogP) is 2.35. The van der Waals surface area contributed by atoms with E-state index in [4.69, 9.17) is 4.74 Å². The van der Waals surface area contributed by atoms with E-state index in [1.54, 1.807) is 11.3 Å². The topological polar surface area (TPSA) is 39.1 Å². The monoisotopic (exact) mass is 277 g/mol. The minimum atomic E-state index is 0.198. The van der Waals surface area contributed by atoms with Crippen LogP contribution in [-0.2, 0) is 18.3 Å². The highest BCUT2D eigenvalue weighted by Gasteiger charge is 2.30. The molecule has 4 nitrogen and oxygen atoms in total. The van der Waals surface area contributed by atoms with Gasteiger partial charge in [-0.1, -0.05) is 0 Å². The summed E-state index contributed by atoms with van der Waals surface area (Å²) in [7, 11) is 1.95. The fourth-order valence-corrected chi connectivity index (χ4v) is 3.26. The minimum Gasteiger partial charge on any atom is -0.373 e. The third-order valence-electron chi connectivity index (χ3n) is 3.58. The molecular weight excluding hydrogens is 258 g/mol. The number of hydrogen-bond acceptors (Lipinski definition) is 4. The Kier molecular flexibility index (Phi) is 3.96. The summed E-state index contributed by atoms with van der Waals surface area (Å²) in [6.07, 6.45) is 5.29. The number of aromatic nitrogens is 2. The van der Waals surface area contributed by atoms with Crippen LogP contribution in [0, 0.1) is 5.92 Å². The first-order chi connectivity index (χ1) is 9.33. The fraction of sp³-hybridized carbons (Fsp3) is 0.500. The Balaban J connectivity index is 1.55. The second-order valence-corrected chi connectivity index (χ2v) is 5.83. The molecule has 1 N–H and O–H groups in total. The third kappa shape index (κ3) is 3.05. The van der Waals surface area contributed by atoms with E-state index in [1.807, 2.05) is 17.9 Å². The highest BCUT2D eigenvalue weighted by Crippen LogP contribution is 2.33. The Hall–Kier alpha value is -1.17. The van der Waals surface area contributed by atoms with E-state index in [9.17, 15) is 0 Å². The molecule has 1 aliphatic rings. The minimum absolute atomic E-state index is 0.198. The molecule has 0 spiro atoms. The summed E-state index contributed by atoms with van der Waals surface area (Å²) in [5.74, 6) is 0.544. The highest BCUT2D eigenvalue weighted by atomic mass is 32.1. The van der Waals surface area contributed by atoms with Crippen LogP contribution in [0.1, 0.15) is 23.7 Å². The highest BCUT2D eigenvalue weighted by molar-refractivity contribution is 7.07. The van der Waals surface area contributed by atoms with Gasteiger partial charge in [0.15, 0.2) is 0 Å². The van der Waals surface area contributed by atoms with Gasteiger partial charge in [0.05, 0.1) is 12.3 Å². The lowest BCUT2D eigenvalue weighted by molar-refractivity contribution is 0.0904. The quantitative estimate of drug-likeness (QED) is 0.912. The van der Waals surface area contributed by atoms with E-state index in [2.05, 4.69) is 33.4 Å². The van der Waals surface area contributed by atoms with Gasteiger partial charge in [-0.25, -0.2) is 0 Å². The summed E-state index contributed by atoms with van der Waals surface area (Å²) in [6.45, 7) is 2.79. The molecule has 3 heterocycles. The van der Waals surface area contributed by atoms with Crippen LogP contribution in [-0.4, -0.2) is 22.9 Å². The SMILES string of the molecule is Cn1cc([C@H]2OCC[C@H]2CNCc2ccsc2)cn1. The van der Waals surface area contributed by atoms with Crippen molar-refractivity contribution in [1.29, 1.82) is 0 Å². The molecule has 3 rings (SSSR count). The molecule has 5 heteroatoms. The summed E-state index contributed by atoms with van der Waals surface area (Å²) in [4.78, 5) is 0. The lowest BCUT2D eigenvalue weighted by atomic mass is 9.97. The van der Waals surface area contributed by atoms with Crippen LogP contribution in [0.3, 0.4) is 0 Å². The molecule has 0 aliphatic carbocycles. The van der Waals surface area contributed by atoms with Crippen LogP contribution in [0.25, 0.3) is 0 Å². The van der Waals surface area contributed by atoms with Gasteiger partial charge in [-0.05, 0) is 28.8 Å². The molecule has 0 saturated carbocycles. The number of rotatable bonds is 5. The van der Waals surface area contributed by atoms with Gasteiger partial charge in [0.2, 0.25) is 0 Å². The molecule has 1 saturated heterocycles. The second-order valence-electron chi connectivity index (χ2n) is 5.05. The molecule has 0 aromatic carbocycles. The molecule has 0 amide bonds. The van der Waals surface area contributed by atoms with E-state index in [0.29, 0.717) is 5.92 Å². The molecule has 0 radical (unpaired) electrons. The van der Waals surface area contributed by atoms with E-state index < -0.39 is 0 Å². The lowest BCUT2D eigenvalue weighted by Gasteiger charge is -2.17. The van der Waals surface area contributed by atoms with Gasteiger partial charge in [-0.15, -0.1) is 0 Å². The van der Waals surface area contributed by atoms with Gasteiger partial charge in [0.1, 0.15) is 0 Å². The maximum atomic E-state index is 5.86. The molecule has 102 valence electrons. The van der Waals surface area contributed by atoms with Gasteiger partial charge in [0.25, 0.3) is 0 Å². The smallest absolute Gasteiger partial charge is 0.0896 e. The molecule has 19 heavy (non-hydrogen) atoms. The number of ether oxygens (including phenoxy) is 1. The Labute approximate surface area is 117 Å². The predicted molar refractivity (Wildman–Crippen MR) is 76.0 cm³/mol. The van der Waals surface area contributed by atoms with Crippen molar-refractivity contribution in [3.8, 4) is 0 Å². The van der Waals surface area contributed by atoms with Crippen LogP contribution in [0.15, 0.2) is 29.2 Å². The molecule has 0 bridgehead atoms. The zero-order valence-corrected chi connectivity index (χ0v) is 11.9. The number of hydrogen-bond donors (Lipinski definition) is 1. The maximum Gasteiger partial charge on any atom is 0.0896 e. The average molecular weight is 277 g/mol. The number of nitrogens with one attached hydrogen (secondary N) is 1. The van der Waals surface area contributed by atoms with Crippen LogP contribution in [0.5, 0.6) is 0 Å². The Bertz CT molecular complexity index is 509. The van der Waals surface area contributed by atoms with Crippen LogP contribution in [0.4, 0.5) is 0 Å². The van der Waals surface area contributed by atoms with Crippen molar-refractivity contribution in [3.05, 3.63) is 40.3 Å². The Morgan fingerprint density at radius 3 is 3.26 bits per heavy atom. The fourth-order valence-electron chi connectivity index (χ4n) is 2.59. The van der Waals surface area contributed by atoms with Crippen molar-refractivity contribution in [2.45, 2.75) is 19.1 Å².